The number of benzene rings is 1. The van der Waals surface area contributed by atoms with Crippen molar-refractivity contribution in [2.45, 2.75) is 37.0 Å². The van der Waals surface area contributed by atoms with E-state index in [9.17, 15) is 0 Å². The minimum absolute atomic E-state index is 0.0323. The second kappa shape index (κ2) is 5.63. The van der Waals surface area contributed by atoms with Gasteiger partial charge in [-0.05, 0) is 25.5 Å². The number of thioether (sulfide) groups is 1. The number of hydrogen-bond donors (Lipinski definition) is 1. The summed E-state index contributed by atoms with van der Waals surface area (Å²) in [6.07, 6.45) is 1.72. The van der Waals surface area contributed by atoms with Gasteiger partial charge in [0.2, 0.25) is 0 Å². The molecule has 96 valence electrons. The van der Waals surface area contributed by atoms with Crippen LogP contribution in [0.25, 0.3) is 0 Å². The van der Waals surface area contributed by atoms with E-state index in [-0.39, 0.29) is 6.04 Å². The predicted octanol–water partition coefficient (Wildman–Crippen LogP) is 4.08. The first-order valence-corrected chi connectivity index (χ1v) is 6.99. The lowest BCUT2D eigenvalue weighted by atomic mass is 10.0. The molecule has 2 rings (SSSR count). The summed E-state index contributed by atoms with van der Waals surface area (Å²) in [5.41, 5.74) is 8.75. The number of furan rings is 1. The van der Waals surface area contributed by atoms with Crippen LogP contribution in [-0.2, 0) is 0 Å². The van der Waals surface area contributed by atoms with Crippen molar-refractivity contribution in [1.29, 1.82) is 0 Å². The van der Waals surface area contributed by atoms with Gasteiger partial charge >= 0.3 is 0 Å². The Morgan fingerprint density at radius 3 is 2.33 bits per heavy atom. The van der Waals surface area contributed by atoms with Crippen molar-refractivity contribution in [2.75, 3.05) is 0 Å². The Morgan fingerprint density at radius 1 is 1.11 bits per heavy atom. The molecule has 3 heteroatoms. The molecule has 0 saturated carbocycles. The standard InChI is InChI=1S/C15H19NOS/c1-10-4-6-13(7-5-10)15(16)12(3)18-14-8-9-17-11(14)2/h4-9,12,15H,16H2,1-3H3. The molecule has 0 fully saturated rings. The van der Waals surface area contributed by atoms with Gasteiger partial charge in [0.15, 0.2) is 0 Å². The van der Waals surface area contributed by atoms with Crippen molar-refractivity contribution in [3.05, 3.63) is 53.5 Å². The average Bonchev–Trinajstić information content (AvgIpc) is 2.75. The number of hydrogen-bond acceptors (Lipinski definition) is 3. The van der Waals surface area contributed by atoms with Gasteiger partial charge in [-0.15, -0.1) is 11.8 Å². The first-order valence-electron chi connectivity index (χ1n) is 6.11. The van der Waals surface area contributed by atoms with Crippen LogP contribution in [0.4, 0.5) is 0 Å². The minimum atomic E-state index is 0.0323. The van der Waals surface area contributed by atoms with Crippen molar-refractivity contribution in [1.82, 2.24) is 0 Å². The molecule has 2 nitrogen and oxygen atoms in total. The van der Waals surface area contributed by atoms with Crippen molar-refractivity contribution in [3.63, 3.8) is 0 Å². The fourth-order valence-corrected chi connectivity index (χ4v) is 2.88. The molecule has 0 bridgehead atoms. The van der Waals surface area contributed by atoms with Gasteiger partial charge in [-0.2, -0.15) is 0 Å². The topological polar surface area (TPSA) is 39.2 Å². The Morgan fingerprint density at radius 2 is 1.78 bits per heavy atom. The van der Waals surface area contributed by atoms with Crippen molar-refractivity contribution >= 4 is 11.8 Å². The van der Waals surface area contributed by atoms with Gasteiger partial charge in [-0.1, -0.05) is 36.8 Å². The number of aryl methyl sites for hydroxylation is 2. The smallest absolute Gasteiger partial charge is 0.114 e. The fourth-order valence-electron chi connectivity index (χ4n) is 1.83. The maximum atomic E-state index is 6.30. The molecule has 1 aromatic heterocycles. The van der Waals surface area contributed by atoms with Crippen LogP contribution < -0.4 is 5.73 Å². The second-order valence-electron chi connectivity index (χ2n) is 4.60. The molecule has 1 aromatic carbocycles. The molecule has 0 saturated heterocycles. The lowest BCUT2D eigenvalue weighted by Gasteiger charge is -2.19. The number of nitrogens with two attached hydrogens (primary N) is 1. The van der Waals surface area contributed by atoms with Crippen LogP contribution in [0.1, 0.15) is 29.9 Å². The molecule has 18 heavy (non-hydrogen) atoms. The van der Waals surface area contributed by atoms with Crippen molar-refractivity contribution < 1.29 is 4.42 Å². The summed E-state index contributed by atoms with van der Waals surface area (Å²) in [5.74, 6) is 0.961. The molecular weight excluding hydrogens is 242 g/mol. The van der Waals surface area contributed by atoms with E-state index in [4.69, 9.17) is 10.2 Å². The van der Waals surface area contributed by atoms with Crippen LogP contribution in [0.3, 0.4) is 0 Å². The van der Waals surface area contributed by atoms with Crippen LogP contribution in [0.2, 0.25) is 0 Å². The molecule has 2 atom stereocenters. The Bertz CT molecular complexity index is 503. The zero-order chi connectivity index (χ0) is 13.1. The summed E-state index contributed by atoms with van der Waals surface area (Å²) < 4.78 is 5.30. The second-order valence-corrected chi connectivity index (χ2v) is 6.02. The molecule has 0 aliphatic heterocycles. The van der Waals surface area contributed by atoms with Gasteiger partial charge in [0.25, 0.3) is 0 Å². The third-order valence-corrected chi connectivity index (χ3v) is 4.43. The zero-order valence-electron chi connectivity index (χ0n) is 11.0. The van der Waals surface area contributed by atoms with E-state index in [0.29, 0.717) is 5.25 Å². The first kappa shape index (κ1) is 13.2. The third kappa shape index (κ3) is 2.98. The molecule has 0 amide bonds. The summed E-state index contributed by atoms with van der Waals surface area (Å²) in [7, 11) is 0. The Kier molecular flexibility index (Phi) is 4.15. The minimum Gasteiger partial charge on any atom is -0.468 e. The lowest BCUT2D eigenvalue weighted by Crippen LogP contribution is -2.21. The molecular formula is C15H19NOS. The molecule has 0 aliphatic carbocycles. The van der Waals surface area contributed by atoms with E-state index in [1.807, 2.05) is 13.0 Å². The largest absolute Gasteiger partial charge is 0.468 e. The Balaban J connectivity index is 2.07. The monoisotopic (exact) mass is 261 g/mol. The normalized spacial score (nSPS) is 14.4. The van der Waals surface area contributed by atoms with Gasteiger partial charge in [-0.25, -0.2) is 0 Å². The summed E-state index contributed by atoms with van der Waals surface area (Å²) in [6.45, 7) is 6.22. The highest BCUT2D eigenvalue weighted by molar-refractivity contribution is 8.00. The van der Waals surface area contributed by atoms with E-state index in [2.05, 4.69) is 38.1 Å². The van der Waals surface area contributed by atoms with Crippen molar-refractivity contribution in [3.8, 4) is 0 Å². The molecule has 0 radical (unpaired) electrons. The maximum absolute atomic E-state index is 6.30. The SMILES string of the molecule is Cc1ccc(C(N)C(C)Sc2ccoc2C)cc1. The quantitative estimate of drug-likeness (QED) is 0.843. The van der Waals surface area contributed by atoms with E-state index in [1.54, 1.807) is 18.0 Å². The molecule has 0 spiro atoms. The molecule has 2 aromatic rings. The predicted molar refractivity (Wildman–Crippen MR) is 76.9 cm³/mol. The molecule has 2 N–H and O–H groups in total. The highest BCUT2D eigenvalue weighted by atomic mass is 32.2. The van der Waals surface area contributed by atoms with Crippen LogP contribution in [0.15, 0.2) is 45.9 Å². The summed E-state index contributed by atoms with van der Waals surface area (Å²) >= 11 is 1.77. The van der Waals surface area contributed by atoms with Gasteiger partial charge in [0.05, 0.1) is 6.26 Å². The van der Waals surface area contributed by atoms with Gasteiger partial charge < -0.3 is 10.2 Å². The van der Waals surface area contributed by atoms with Crippen molar-refractivity contribution in [2.24, 2.45) is 5.73 Å². The highest BCUT2D eigenvalue weighted by Gasteiger charge is 2.17. The van der Waals surface area contributed by atoms with Crippen LogP contribution >= 0.6 is 11.8 Å². The summed E-state index contributed by atoms with van der Waals surface area (Å²) in [6, 6.07) is 10.5. The maximum Gasteiger partial charge on any atom is 0.114 e. The number of rotatable bonds is 4. The molecule has 1 heterocycles. The van der Waals surface area contributed by atoms with Gasteiger partial charge in [0.1, 0.15) is 5.76 Å². The lowest BCUT2D eigenvalue weighted by molar-refractivity contribution is 0.526. The zero-order valence-corrected chi connectivity index (χ0v) is 11.8. The summed E-state index contributed by atoms with van der Waals surface area (Å²) in [5, 5.41) is 0.309. The Hall–Kier alpha value is -1.19. The van der Waals surface area contributed by atoms with Crippen LogP contribution in [0.5, 0.6) is 0 Å². The molecule has 2 unspecified atom stereocenters. The van der Waals surface area contributed by atoms with Gasteiger partial charge in [0, 0.05) is 16.2 Å². The van der Waals surface area contributed by atoms with Crippen LogP contribution in [0, 0.1) is 13.8 Å². The summed E-state index contributed by atoms with van der Waals surface area (Å²) in [4.78, 5) is 1.17. The third-order valence-electron chi connectivity index (χ3n) is 3.09. The van der Waals surface area contributed by atoms with Gasteiger partial charge in [-0.3, -0.25) is 0 Å². The molecule has 0 aliphatic rings. The highest BCUT2D eigenvalue weighted by Crippen LogP contribution is 2.33. The Labute approximate surface area is 113 Å². The van der Waals surface area contributed by atoms with Crippen LogP contribution in [-0.4, -0.2) is 5.25 Å². The first-order chi connectivity index (χ1) is 8.58. The van der Waals surface area contributed by atoms with E-state index in [0.717, 1.165) is 5.76 Å². The van der Waals surface area contributed by atoms with E-state index >= 15 is 0 Å². The van der Waals surface area contributed by atoms with E-state index in [1.165, 1.54) is 16.0 Å². The fraction of sp³-hybridized carbons (Fsp3) is 0.333. The van der Waals surface area contributed by atoms with E-state index < -0.39 is 0 Å². The average molecular weight is 261 g/mol.